The quantitative estimate of drug-likeness (QED) is 0.260. The van der Waals surface area contributed by atoms with E-state index in [1.807, 2.05) is 13.8 Å². The summed E-state index contributed by atoms with van der Waals surface area (Å²) in [5.41, 5.74) is 2.94. The number of nitrogens with one attached hydrogen (secondary N) is 3. The van der Waals surface area contributed by atoms with E-state index in [-0.39, 0.29) is 23.2 Å². The average molecular weight is 520 g/mol. The Kier molecular flexibility index (Phi) is 6.31. The number of rotatable bonds is 9. The van der Waals surface area contributed by atoms with Gasteiger partial charge in [-0.25, -0.2) is 9.59 Å². The number of carbonyl (C=O) groups excluding carboxylic acids is 5. The molecular weight excluding hydrogens is 482 g/mol. The van der Waals surface area contributed by atoms with Crippen molar-refractivity contribution >= 4 is 35.5 Å². The van der Waals surface area contributed by atoms with Crippen LogP contribution in [0, 0.1) is 28.6 Å². The van der Waals surface area contributed by atoms with Crippen molar-refractivity contribution in [1.82, 2.24) is 20.9 Å². The highest BCUT2D eigenvalue weighted by Gasteiger charge is 2.70. The molecule has 12 heteroatoms. The van der Waals surface area contributed by atoms with Gasteiger partial charge in [0.25, 0.3) is 5.91 Å². The van der Waals surface area contributed by atoms with Gasteiger partial charge in [-0.15, -0.1) is 0 Å². The molecule has 4 rings (SSSR count). The van der Waals surface area contributed by atoms with Crippen molar-refractivity contribution in [2.24, 2.45) is 34.3 Å². The molecule has 1 aliphatic heterocycles. The van der Waals surface area contributed by atoms with E-state index >= 15 is 0 Å². The van der Waals surface area contributed by atoms with Crippen LogP contribution < -0.4 is 21.7 Å². The molecule has 12 nitrogen and oxygen atoms in total. The summed E-state index contributed by atoms with van der Waals surface area (Å²) in [5.74, 6) is -4.31. The molecule has 204 valence electrons. The summed E-state index contributed by atoms with van der Waals surface area (Å²) in [6, 6.07) is -3.70. The largest absolute Gasteiger partial charge is 0.480 e. The van der Waals surface area contributed by atoms with Gasteiger partial charge in [-0.2, -0.15) is 0 Å². The minimum Gasteiger partial charge on any atom is -0.480 e. The van der Waals surface area contributed by atoms with Gasteiger partial charge in [0.2, 0.25) is 17.6 Å². The maximum Gasteiger partial charge on any atom is 0.329 e. The fraction of sp³-hybridized carbons (Fsp3) is 0.760. The van der Waals surface area contributed by atoms with Crippen LogP contribution in [0.4, 0.5) is 4.79 Å². The lowest BCUT2D eigenvalue weighted by molar-refractivity contribution is -0.145. The number of ketones is 1. The van der Waals surface area contributed by atoms with Crippen molar-refractivity contribution in [1.29, 1.82) is 0 Å². The van der Waals surface area contributed by atoms with Gasteiger partial charge in [0.1, 0.15) is 23.7 Å². The number of carbonyl (C=O) groups is 6. The normalized spacial score (nSPS) is 28.2. The Labute approximate surface area is 215 Å². The number of hydrogen-bond acceptors (Lipinski definition) is 6. The fourth-order valence-electron chi connectivity index (χ4n) is 5.75. The number of Topliss-reactive ketones (excluding diaryl/α,β-unsaturated/α-hetero) is 1. The van der Waals surface area contributed by atoms with E-state index in [2.05, 4.69) is 16.0 Å². The minimum absolute atomic E-state index is 0.0644. The minimum atomic E-state index is -1.32. The van der Waals surface area contributed by atoms with Crippen LogP contribution >= 0.6 is 0 Å². The first kappa shape index (κ1) is 26.9. The molecule has 37 heavy (non-hydrogen) atoms. The number of nitrogens with two attached hydrogens (primary N) is 1. The van der Waals surface area contributed by atoms with E-state index in [1.165, 1.54) is 4.90 Å². The van der Waals surface area contributed by atoms with Crippen LogP contribution in [-0.4, -0.2) is 75.7 Å². The zero-order valence-corrected chi connectivity index (χ0v) is 21.9. The van der Waals surface area contributed by atoms with Crippen LogP contribution in [-0.2, 0) is 24.0 Å². The van der Waals surface area contributed by atoms with Crippen molar-refractivity contribution in [3.05, 3.63) is 0 Å². The topological polar surface area (TPSA) is 188 Å². The summed E-state index contributed by atoms with van der Waals surface area (Å²) in [6.45, 7) is 9.65. The number of hydrogen-bond donors (Lipinski definition) is 5. The highest BCUT2D eigenvalue weighted by molar-refractivity contribution is 6.38. The predicted octanol–water partition coefficient (Wildman–Crippen LogP) is -0.250. The van der Waals surface area contributed by atoms with Gasteiger partial charge < -0.3 is 31.7 Å². The standard InChI is InChI=1S/C25H37N5O7/c1-23(2,3)17(28-22(37)29-25(8-9-25)21(35)36)20(34)30-10-12-13(24(12,4)5)15(30)19(33)27-14(11-6-7-11)16(31)18(26)32/h11-15,17H,6-10H2,1-5H3,(H2,26,32)(H,27,33)(H,35,36)(H2,28,29,37)/t12-,13-,14?,15-,17+/m0/s1. The lowest BCUT2D eigenvalue weighted by atomic mass is 9.85. The molecule has 3 aliphatic carbocycles. The number of nitrogens with zero attached hydrogens (tertiary/aromatic N) is 1. The summed E-state index contributed by atoms with van der Waals surface area (Å²) in [4.78, 5) is 77.0. The first-order chi connectivity index (χ1) is 17.0. The van der Waals surface area contributed by atoms with E-state index in [1.54, 1.807) is 20.8 Å². The van der Waals surface area contributed by atoms with E-state index in [0.29, 0.717) is 32.2 Å². The lowest BCUT2D eigenvalue weighted by Crippen LogP contribution is -2.62. The molecule has 0 spiro atoms. The molecule has 6 N–H and O–H groups in total. The second kappa shape index (κ2) is 8.70. The Balaban J connectivity index is 1.54. The average Bonchev–Trinajstić information content (AvgIpc) is 3.72. The zero-order valence-electron chi connectivity index (χ0n) is 21.9. The number of carboxylic acids is 1. The number of urea groups is 1. The molecule has 1 heterocycles. The molecule has 1 saturated heterocycles. The second-order valence-corrected chi connectivity index (χ2v) is 12.7. The molecule has 5 amide bonds. The van der Waals surface area contributed by atoms with Crippen molar-refractivity contribution < 1.29 is 33.9 Å². The molecule has 3 saturated carbocycles. The Morgan fingerprint density at radius 1 is 1.03 bits per heavy atom. The van der Waals surface area contributed by atoms with E-state index in [9.17, 15) is 33.9 Å². The highest BCUT2D eigenvalue weighted by Crippen LogP contribution is 2.65. The summed E-state index contributed by atoms with van der Waals surface area (Å²) < 4.78 is 0. The third-order valence-electron chi connectivity index (χ3n) is 8.58. The second-order valence-electron chi connectivity index (χ2n) is 12.7. The van der Waals surface area contributed by atoms with E-state index in [4.69, 9.17) is 5.73 Å². The van der Waals surface area contributed by atoms with Gasteiger partial charge in [0, 0.05) is 6.54 Å². The monoisotopic (exact) mass is 519 g/mol. The van der Waals surface area contributed by atoms with Crippen LogP contribution in [0.2, 0.25) is 0 Å². The van der Waals surface area contributed by atoms with Crippen molar-refractivity contribution in [2.45, 2.75) is 84.0 Å². The number of fused-ring (bicyclic) bond motifs is 1. The Bertz CT molecular complexity index is 1060. The van der Waals surface area contributed by atoms with Crippen LogP contribution in [0.15, 0.2) is 0 Å². The summed E-state index contributed by atoms with van der Waals surface area (Å²) >= 11 is 0. The summed E-state index contributed by atoms with van der Waals surface area (Å²) in [6.07, 6.45) is 2.00. The van der Waals surface area contributed by atoms with Crippen LogP contribution in [0.3, 0.4) is 0 Å². The van der Waals surface area contributed by atoms with Crippen molar-refractivity contribution in [3.63, 3.8) is 0 Å². The third kappa shape index (κ3) is 4.89. The molecule has 4 fully saturated rings. The Morgan fingerprint density at radius 2 is 1.62 bits per heavy atom. The molecule has 0 radical (unpaired) electrons. The molecular formula is C25H37N5O7. The number of carboxylic acid groups (broad SMARTS) is 1. The van der Waals surface area contributed by atoms with Gasteiger partial charge >= 0.3 is 12.0 Å². The number of likely N-dealkylation sites (tertiary alicyclic amines) is 1. The van der Waals surface area contributed by atoms with Crippen molar-refractivity contribution in [2.75, 3.05) is 6.54 Å². The van der Waals surface area contributed by atoms with Gasteiger partial charge in [0.15, 0.2) is 0 Å². The fourth-order valence-corrected chi connectivity index (χ4v) is 5.75. The van der Waals surface area contributed by atoms with Crippen LogP contribution in [0.25, 0.3) is 0 Å². The summed E-state index contributed by atoms with van der Waals surface area (Å²) in [5, 5.41) is 17.2. The third-order valence-corrected chi connectivity index (χ3v) is 8.58. The number of primary amides is 1. The number of amides is 5. The number of aliphatic carboxylic acids is 1. The maximum atomic E-state index is 13.9. The number of piperidine rings is 1. The molecule has 4 aliphatic rings. The summed E-state index contributed by atoms with van der Waals surface area (Å²) in [7, 11) is 0. The first-order valence-corrected chi connectivity index (χ1v) is 12.8. The van der Waals surface area contributed by atoms with E-state index < -0.39 is 64.6 Å². The highest BCUT2D eigenvalue weighted by atomic mass is 16.4. The van der Waals surface area contributed by atoms with Crippen LogP contribution in [0.1, 0.15) is 60.3 Å². The maximum absolute atomic E-state index is 13.9. The molecule has 0 bridgehead atoms. The Morgan fingerprint density at radius 3 is 2.08 bits per heavy atom. The Hall–Kier alpha value is -3.18. The molecule has 5 atom stereocenters. The van der Waals surface area contributed by atoms with Gasteiger partial charge in [-0.1, -0.05) is 34.6 Å². The molecule has 0 aromatic heterocycles. The van der Waals surface area contributed by atoms with Gasteiger partial charge in [-0.3, -0.25) is 19.2 Å². The van der Waals surface area contributed by atoms with Crippen molar-refractivity contribution in [3.8, 4) is 0 Å². The van der Waals surface area contributed by atoms with Gasteiger partial charge in [0.05, 0.1) is 0 Å². The first-order valence-electron chi connectivity index (χ1n) is 12.8. The zero-order chi connectivity index (χ0) is 27.7. The van der Waals surface area contributed by atoms with E-state index in [0.717, 1.165) is 0 Å². The SMILES string of the molecule is CC(C)(C)[C@H](NC(=O)NC1(C(=O)O)CC1)C(=O)N1C[C@H]2[C@@H]([C@H]1C(=O)NC(C(=O)C(N)=O)C1CC1)C2(C)C. The lowest BCUT2D eigenvalue weighted by Gasteiger charge is -2.38. The predicted molar refractivity (Wildman–Crippen MR) is 130 cm³/mol. The van der Waals surface area contributed by atoms with Crippen LogP contribution in [0.5, 0.6) is 0 Å². The smallest absolute Gasteiger partial charge is 0.329 e. The molecule has 0 aromatic carbocycles. The molecule has 1 unspecified atom stereocenters. The van der Waals surface area contributed by atoms with Gasteiger partial charge in [-0.05, 0) is 54.3 Å². The molecule has 0 aromatic rings.